The van der Waals surface area contributed by atoms with Crippen LogP contribution < -0.4 is 20.3 Å². The lowest BCUT2D eigenvalue weighted by atomic mass is 10.2. The Hall–Kier alpha value is -3.98. The SMILES string of the molecule is C=CC(=O)Nc1cccc(Nc2nc(N(C)c3ccc(OCCOC)cc3)ncc2F)c1. The highest BCUT2D eigenvalue weighted by Crippen LogP contribution is 2.26. The van der Waals surface area contributed by atoms with Crippen LogP contribution in [-0.4, -0.2) is 43.2 Å². The molecule has 1 amide bonds. The van der Waals surface area contributed by atoms with Crippen LogP contribution in [0.2, 0.25) is 0 Å². The molecule has 9 heteroatoms. The molecule has 166 valence electrons. The number of nitrogens with zero attached hydrogens (tertiary/aromatic N) is 3. The maximum Gasteiger partial charge on any atom is 0.247 e. The number of amides is 1. The largest absolute Gasteiger partial charge is 0.491 e. The zero-order chi connectivity index (χ0) is 22.9. The Balaban J connectivity index is 1.74. The van der Waals surface area contributed by atoms with Crippen molar-refractivity contribution in [2.24, 2.45) is 0 Å². The molecule has 0 aliphatic rings. The highest BCUT2D eigenvalue weighted by atomic mass is 19.1. The fourth-order valence-corrected chi connectivity index (χ4v) is 2.74. The molecule has 1 heterocycles. The van der Waals surface area contributed by atoms with Gasteiger partial charge < -0.3 is 25.0 Å². The van der Waals surface area contributed by atoms with Crippen molar-refractivity contribution in [2.75, 3.05) is 42.9 Å². The number of rotatable bonds is 10. The first kappa shape index (κ1) is 22.7. The monoisotopic (exact) mass is 437 g/mol. The number of methoxy groups -OCH3 is 1. The smallest absolute Gasteiger partial charge is 0.247 e. The van der Waals surface area contributed by atoms with Gasteiger partial charge in [0, 0.05) is 31.2 Å². The van der Waals surface area contributed by atoms with E-state index in [1.165, 1.54) is 6.08 Å². The number of benzene rings is 2. The predicted molar refractivity (Wildman–Crippen MR) is 122 cm³/mol. The molecule has 1 aromatic heterocycles. The van der Waals surface area contributed by atoms with Crippen molar-refractivity contribution >= 4 is 34.7 Å². The molecule has 2 aromatic carbocycles. The van der Waals surface area contributed by atoms with Crippen molar-refractivity contribution in [3.05, 3.63) is 73.2 Å². The Labute approximate surface area is 185 Å². The van der Waals surface area contributed by atoms with E-state index in [1.807, 2.05) is 24.3 Å². The third-order valence-corrected chi connectivity index (χ3v) is 4.39. The zero-order valence-corrected chi connectivity index (χ0v) is 17.8. The molecule has 3 aromatic rings. The summed E-state index contributed by atoms with van der Waals surface area (Å²) < 4.78 is 24.9. The van der Waals surface area contributed by atoms with Crippen LogP contribution in [0.5, 0.6) is 5.75 Å². The minimum absolute atomic E-state index is 0.00793. The van der Waals surface area contributed by atoms with Crippen molar-refractivity contribution < 1.29 is 18.7 Å². The van der Waals surface area contributed by atoms with Gasteiger partial charge in [-0.25, -0.2) is 9.37 Å². The lowest BCUT2D eigenvalue weighted by Crippen LogP contribution is -2.14. The van der Waals surface area contributed by atoms with Gasteiger partial charge in [-0.1, -0.05) is 12.6 Å². The summed E-state index contributed by atoms with van der Waals surface area (Å²) in [5, 5.41) is 5.58. The van der Waals surface area contributed by atoms with E-state index in [-0.39, 0.29) is 11.7 Å². The average Bonchev–Trinajstić information content (AvgIpc) is 2.81. The van der Waals surface area contributed by atoms with Crippen molar-refractivity contribution in [3.63, 3.8) is 0 Å². The lowest BCUT2D eigenvalue weighted by Gasteiger charge is -2.18. The highest BCUT2D eigenvalue weighted by Gasteiger charge is 2.13. The summed E-state index contributed by atoms with van der Waals surface area (Å²) in [5.74, 6) is 0.0793. The van der Waals surface area contributed by atoms with Crippen LogP contribution in [0.3, 0.4) is 0 Å². The van der Waals surface area contributed by atoms with Crippen molar-refractivity contribution in [2.45, 2.75) is 0 Å². The molecule has 0 fully saturated rings. The fourth-order valence-electron chi connectivity index (χ4n) is 2.74. The Morgan fingerprint density at radius 3 is 2.66 bits per heavy atom. The van der Waals surface area contributed by atoms with Crippen LogP contribution in [-0.2, 0) is 9.53 Å². The summed E-state index contributed by atoms with van der Waals surface area (Å²) >= 11 is 0. The Kier molecular flexibility index (Phi) is 7.71. The second-order valence-corrected chi connectivity index (χ2v) is 6.66. The normalized spacial score (nSPS) is 10.3. The summed E-state index contributed by atoms with van der Waals surface area (Å²) in [6.07, 6.45) is 2.28. The minimum atomic E-state index is -0.607. The number of ether oxygens (including phenoxy) is 2. The maximum absolute atomic E-state index is 14.4. The van der Waals surface area contributed by atoms with Crippen LogP contribution in [0.25, 0.3) is 0 Å². The molecule has 0 aliphatic carbocycles. The molecule has 8 nitrogen and oxygen atoms in total. The van der Waals surface area contributed by atoms with Crippen LogP contribution >= 0.6 is 0 Å². The molecule has 3 rings (SSSR count). The number of halogens is 1. The quantitative estimate of drug-likeness (QED) is 0.362. The number of anilines is 5. The summed E-state index contributed by atoms with van der Waals surface area (Å²) in [4.78, 5) is 21.6. The first-order valence-corrected chi connectivity index (χ1v) is 9.78. The third kappa shape index (κ3) is 6.02. The Morgan fingerprint density at radius 1 is 1.19 bits per heavy atom. The van der Waals surface area contributed by atoms with E-state index in [0.717, 1.165) is 11.9 Å². The summed E-state index contributed by atoms with van der Waals surface area (Å²) in [6, 6.07) is 14.2. The van der Waals surface area contributed by atoms with Gasteiger partial charge in [0.25, 0.3) is 0 Å². The number of nitrogens with one attached hydrogen (secondary N) is 2. The van der Waals surface area contributed by atoms with E-state index in [2.05, 4.69) is 27.2 Å². The van der Waals surface area contributed by atoms with Crippen LogP contribution in [0.15, 0.2) is 67.4 Å². The van der Waals surface area contributed by atoms with Gasteiger partial charge in [-0.05, 0) is 48.5 Å². The molecule has 0 radical (unpaired) electrons. The molecule has 0 saturated carbocycles. The van der Waals surface area contributed by atoms with E-state index in [9.17, 15) is 9.18 Å². The first-order chi connectivity index (χ1) is 15.5. The van der Waals surface area contributed by atoms with Gasteiger partial charge in [-0.2, -0.15) is 4.98 Å². The molecule has 0 saturated heterocycles. The van der Waals surface area contributed by atoms with Gasteiger partial charge in [-0.3, -0.25) is 4.79 Å². The molecular weight excluding hydrogens is 413 g/mol. The number of carbonyl (C=O) groups is 1. The van der Waals surface area contributed by atoms with Gasteiger partial charge in [-0.15, -0.1) is 0 Å². The van der Waals surface area contributed by atoms with Gasteiger partial charge in [0.2, 0.25) is 11.9 Å². The van der Waals surface area contributed by atoms with E-state index < -0.39 is 5.82 Å². The summed E-state index contributed by atoms with van der Waals surface area (Å²) in [7, 11) is 3.40. The molecular formula is C23H24FN5O3. The van der Waals surface area contributed by atoms with Crippen molar-refractivity contribution in [1.29, 1.82) is 0 Å². The topological polar surface area (TPSA) is 88.6 Å². The average molecular weight is 437 g/mol. The molecule has 0 spiro atoms. The number of hydrogen-bond donors (Lipinski definition) is 2. The number of carbonyl (C=O) groups excluding carboxylic acids is 1. The number of hydrogen-bond acceptors (Lipinski definition) is 7. The maximum atomic E-state index is 14.4. The van der Waals surface area contributed by atoms with Crippen LogP contribution in [0.1, 0.15) is 0 Å². The molecule has 0 bridgehead atoms. The van der Waals surface area contributed by atoms with Gasteiger partial charge >= 0.3 is 0 Å². The number of aromatic nitrogens is 2. The standard InChI is InChI=1S/C23H24FN5O3/c1-4-21(30)26-16-6-5-7-17(14-16)27-22-20(24)15-25-23(28-22)29(2)18-8-10-19(11-9-18)32-13-12-31-3/h4-11,14-15H,1,12-13H2,2-3H3,(H,26,30)(H,25,27,28). The predicted octanol–water partition coefficient (Wildman–Crippen LogP) is 4.28. The molecule has 2 N–H and O–H groups in total. The van der Waals surface area contributed by atoms with E-state index in [4.69, 9.17) is 9.47 Å². The second kappa shape index (κ2) is 10.9. The van der Waals surface area contributed by atoms with E-state index in [1.54, 1.807) is 43.3 Å². The molecule has 0 aliphatic heterocycles. The Bertz CT molecular complexity index is 1080. The lowest BCUT2D eigenvalue weighted by molar-refractivity contribution is -0.111. The molecule has 32 heavy (non-hydrogen) atoms. The summed E-state index contributed by atoms with van der Waals surface area (Å²) in [5.41, 5.74) is 1.89. The minimum Gasteiger partial charge on any atom is -0.491 e. The van der Waals surface area contributed by atoms with Crippen molar-refractivity contribution in [1.82, 2.24) is 9.97 Å². The van der Waals surface area contributed by atoms with Gasteiger partial charge in [0.05, 0.1) is 12.8 Å². The van der Waals surface area contributed by atoms with Crippen LogP contribution in [0.4, 0.5) is 33.2 Å². The van der Waals surface area contributed by atoms with Crippen LogP contribution in [0, 0.1) is 5.82 Å². The molecule has 0 unspecified atom stereocenters. The van der Waals surface area contributed by atoms with Gasteiger partial charge in [0.1, 0.15) is 12.4 Å². The fraction of sp³-hybridized carbons (Fsp3) is 0.174. The third-order valence-electron chi connectivity index (χ3n) is 4.39. The zero-order valence-electron chi connectivity index (χ0n) is 17.8. The summed E-state index contributed by atoms with van der Waals surface area (Å²) in [6.45, 7) is 4.38. The Morgan fingerprint density at radius 2 is 1.94 bits per heavy atom. The highest BCUT2D eigenvalue weighted by molar-refractivity contribution is 5.99. The second-order valence-electron chi connectivity index (χ2n) is 6.66. The molecule has 0 atom stereocenters. The van der Waals surface area contributed by atoms with Crippen molar-refractivity contribution in [3.8, 4) is 5.75 Å². The van der Waals surface area contributed by atoms with Gasteiger partial charge in [0.15, 0.2) is 11.6 Å². The van der Waals surface area contributed by atoms with E-state index in [0.29, 0.717) is 36.3 Å². The first-order valence-electron chi connectivity index (χ1n) is 9.78. The van der Waals surface area contributed by atoms with E-state index >= 15 is 0 Å².